The minimum absolute atomic E-state index is 0.158. The Morgan fingerprint density at radius 3 is 2.17 bits per heavy atom. The van der Waals surface area contributed by atoms with Gasteiger partial charge in [-0.1, -0.05) is 84.6 Å². The fourth-order valence-corrected chi connectivity index (χ4v) is 3.99. The van der Waals surface area contributed by atoms with E-state index in [-0.39, 0.29) is 5.56 Å². The van der Waals surface area contributed by atoms with E-state index in [1.54, 1.807) is 6.20 Å². The number of para-hydroxylation sites is 1. The number of aromatic nitrogens is 2. The summed E-state index contributed by atoms with van der Waals surface area (Å²) in [5.41, 5.74) is 9.27. The van der Waals surface area contributed by atoms with Crippen LogP contribution in [0.4, 0.5) is 11.4 Å². The van der Waals surface area contributed by atoms with Crippen LogP contribution in [-0.2, 0) is 13.1 Å². The molecule has 4 rings (SSSR count). The number of hydrogen-bond acceptors (Lipinski definition) is 5. The summed E-state index contributed by atoms with van der Waals surface area (Å²) in [5, 5.41) is 7.75. The molecule has 150 valence electrons. The molecule has 0 saturated carbocycles. The SMILES string of the molecule is Nc1ccccc1Sc1cnn(Cc2ccccc2)c(=O)c1NCc1ccccc1. The third-order valence-electron chi connectivity index (χ3n) is 4.64. The second-order valence-electron chi connectivity index (χ2n) is 6.81. The summed E-state index contributed by atoms with van der Waals surface area (Å²) < 4.78 is 1.49. The number of nitrogens with one attached hydrogen (secondary N) is 1. The highest BCUT2D eigenvalue weighted by Crippen LogP contribution is 2.34. The standard InChI is InChI=1S/C24H22N4OS/c25-20-13-7-8-14-21(20)30-22-16-27-28(17-19-11-5-2-6-12-19)24(29)23(22)26-15-18-9-3-1-4-10-18/h1-14,16,26H,15,17,25H2. The molecular weight excluding hydrogens is 392 g/mol. The van der Waals surface area contributed by atoms with Gasteiger partial charge in [-0.05, 0) is 23.3 Å². The molecule has 5 nitrogen and oxygen atoms in total. The molecule has 0 aliphatic heterocycles. The quantitative estimate of drug-likeness (QED) is 0.431. The van der Waals surface area contributed by atoms with Gasteiger partial charge in [0.15, 0.2) is 0 Å². The van der Waals surface area contributed by atoms with Gasteiger partial charge in [0, 0.05) is 17.1 Å². The Balaban J connectivity index is 1.68. The molecule has 3 aromatic carbocycles. The summed E-state index contributed by atoms with van der Waals surface area (Å²) in [6.45, 7) is 0.960. The lowest BCUT2D eigenvalue weighted by atomic mass is 10.2. The van der Waals surface area contributed by atoms with Gasteiger partial charge in [0.2, 0.25) is 0 Å². The van der Waals surface area contributed by atoms with E-state index in [0.717, 1.165) is 20.9 Å². The summed E-state index contributed by atoms with van der Waals surface area (Å²) in [6.07, 6.45) is 1.73. The molecule has 0 atom stereocenters. The zero-order valence-corrected chi connectivity index (χ0v) is 17.2. The van der Waals surface area contributed by atoms with Gasteiger partial charge in [-0.15, -0.1) is 0 Å². The molecule has 0 spiro atoms. The molecule has 0 amide bonds. The van der Waals surface area contributed by atoms with Crippen LogP contribution in [-0.4, -0.2) is 9.78 Å². The molecule has 4 aromatic rings. The van der Waals surface area contributed by atoms with Crippen molar-refractivity contribution in [3.63, 3.8) is 0 Å². The number of anilines is 2. The van der Waals surface area contributed by atoms with Gasteiger partial charge in [-0.3, -0.25) is 4.79 Å². The fourth-order valence-electron chi connectivity index (χ4n) is 3.06. The lowest BCUT2D eigenvalue weighted by Crippen LogP contribution is -2.27. The van der Waals surface area contributed by atoms with Gasteiger partial charge >= 0.3 is 0 Å². The summed E-state index contributed by atoms with van der Waals surface area (Å²) in [4.78, 5) is 14.9. The first-order chi connectivity index (χ1) is 14.7. The van der Waals surface area contributed by atoms with Crippen LogP contribution in [0.2, 0.25) is 0 Å². The van der Waals surface area contributed by atoms with Gasteiger partial charge in [0.05, 0.1) is 17.6 Å². The Hall–Kier alpha value is -3.51. The number of hydrogen-bond donors (Lipinski definition) is 2. The van der Waals surface area contributed by atoms with Crippen LogP contribution in [0.5, 0.6) is 0 Å². The van der Waals surface area contributed by atoms with Crippen molar-refractivity contribution in [3.8, 4) is 0 Å². The van der Waals surface area contributed by atoms with Crippen LogP contribution in [0.25, 0.3) is 0 Å². The fraction of sp³-hybridized carbons (Fsp3) is 0.0833. The molecule has 0 bridgehead atoms. The molecule has 1 aromatic heterocycles. The average Bonchev–Trinajstić information content (AvgIpc) is 2.78. The smallest absolute Gasteiger partial charge is 0.291 e. The summed E-state index contributed by atoms with van der Waals surface area (Å²) in [5.74, 6) is 0. The van der Waals surface area contributed by atoms with Crippen molar-refractivity contribution in [1.29, 1.82) is 0 Å². The van der Waals surface area contributed by atoms with Gasteiger partial charge in [-0.25, -0.2) is 4.68 Å². The van der Waals surface area contributed by atoms with E-state index in [2.05, 4.69) is 10.4 Å². The van der Waals surface area contributed by atoms with Crippen molar-refractivity contribution < 1.29 is 0 Å². The largest absolute Gasteiger partial charge is 0.398 e. The van der Waals surface area contributed by atoms with Gasteiger partial charge in [0.25, 0.3) is 5.56 Å². The van der Waals surface area contributed by atoms with Crippen molar-refractivity contribution >= 4 is 23.1 Å². The van der Waals surface area contributed by atoms with Gasteiger partial charge < -0.3 is 11.1 Å². The Morgan fingerprint density at radius 1 is 0.833 bits per heavy atom. The maximum atomic E-state index is 13.3. The van der Waals surface area contributed by atoms with Crippen molar-refractivity contribution in [1.82, 2.24) is 9.78 Å². The number of nitrogen functional groups attached to an aromatic ring is 1. The highest BCUT2D eigenvalue weighted by molar-refractivity contribution is 7.99. The monoisotopic (exact) mass is 414 g/mol. The van der Waals surface area contributed by atoms with E-state index < -0.39 is 0 Å². The van der Waals surface area contributed by atoms with Crippen LogP contribution < -0.4 is 16.6 Å². The summed E-state index contributed by atoms with van der Waals surface area (Å²) >= 11 is 1.44. The molecule has 0 fully saturated rings. The molecule has 0 radical (unpaired) electrons. The first-order valence-corrected chi connectivity index (χ1v) is 10.5. The lowest BCUT2D eigenvalue weighted by Gasteiger charge is -2.14. The zero-order chi connectivity index (χ0) is 20.8. The highest BCUT2D eigenvalue weighted by atomic mass is 32.2. The first kappa shape index (κ1) is 19.8. The lowest BCUT2D eigenvalue weighted by molar-refractivity contribution is 0.632. The Labute approximate surface area is 179 Å². The normalized spacial score (nSPS) is 10.7. The highest BCUT2D eigenvalue weighted by Gasteiger charge is 2.14. The van der Waals surface area contributed by atoms with Gasteiger partial charge in [0.1, 0.15) is 5.69 Å². The van der Waals surface area contributed by atoms with Crippen LogP contribution in [0.1, 0.15) is 11.1 Å². The number of rotatable bonds is 7. The molecule has 0 saturated heterocycles. The second kappa shape index (κ2) is 9.33. The van der Waals surface area contributed by atoms with Gasteiger partial charge in [-0.2, -0.15) is 5.10 Å². The minimum Gasteiger partial charge on any atom is -0.398 e. The number of nitrogens with two attached hydrogens (primary N) is 1. The van der Waals surface area contributed by atoms with E-state index in [0.29, 0.717) is 24.5 Å². The summed E-state index contributed by atoms with van der Waals surface area (Å²) in [6, 6.07) is 27.4. The molecule has 6 heteroatoms. The second-order valence-corrected chi connectivity index (χ2v) is 7.90. The molecule has 0 aliphatic carbocycles. The Bertz CT molecular complexity index is 1180. The van der Waals surface area contributed by atoms with Crippen LogP contribution >= 0.6 is 11.8 Å². The number of nitrogens with zero attached hydrogens (tertiary/aromatic N) is 2. The summed E-state index contributed by atoms with van der Waals surface area (Å²) in [7, 11) is 0. The van der Waals surface area contributed by atoms with Crippen molar-refractivity contribution in [2.45, 2.75) is 22.9 Å². The Morgan fingerprint density at radius 2 is 1.47 bits per heavy atom. The van der Waals surface area contributed by atoms with E-state index in [9.17, 15) is 4.79 Å². The van der Waals surface area contributed by atoms with Crippen LogP contribution in [0, 0.1) is 0 Å². The van der Waals surface area contributed by atoms with E-state index in [4.69, 9.17) is 5.73 Å². The van der Waals surface area contributed by atoms with E-state index in [1.165, 1.54) is 16.4 Å². The topological polar surface area (TPSA) is 72.9 Å². The zero-order valence-electron chi connectivity index (χ0n) is 16.4. The maximum Gasteiger partial charge on any atom is 0.291 e. The van der Waals surface area contributed by atoms with Crippen LogP contribution in [0.3, 0.4) is 0 Å². The Kier molecular flexibility index (Phi) is 6.15. The van der Waals surface area contributed by atoms with Crippen molar-refractivity contribution in [2.24, 2.45) is 0 Å². The predicted octanol–water partition coefficient (Wildman–Crippen LogP) is 4.64. The molecule has 1 heterocycles. The third-order valence-corrected chi connectivity index (χ3v) is 5.76. The van der Waals surface area contributed by atoms with E-state index >= 15 is 0 Å². The van der Waals surface area contributed by atoms with Crippen molar-refractivity contribution in [2.75, 3.05) is 11.1 Å². The first-order valence-electron chi connectivity index (χ1n) is 9.65. The molecular formula is C24H22N4OS. The molecule has 0 unspecified atom stereocenters. The number of benzene rings is 3. The third kappa shape index (κ3) is 4.72. The molecule has 0 aliphatic rings. The minimum atomic E-state index is -0.158. The predicted molar refractivity (Wildman–Crippen MR) is 123 cm³/mol. The maximum absolute atomic E-state index is 13.3. The average molecular weight is 415 g/mol. The van der Waals surface area contributed by atoms with Crippen molar-refractivity contribution in [3.05, 3.63) is 113 Å². The molecule has 30 heavy (non-hydrogen) atoms. The van der Waals surface area contributed by atoms with Crippen LogP contribution in [0.15, 0.2) is 106 Å². The van der Waals surface area contributed by atoms with E-state index in [1.807, 2.05) is 84.9 Å². The molecule has 3 N–H and O–H groups in total.